The molecule has 0 saturated heterocycles. The number of esters is 1. The van der Waals surface area contributed by atoms with Crippen LogP contribution in [0.15, 0.2) is 71.3 Å². The Labute approximate surface area is 197 Å². The maximum atomic E-state index is 13.2. The van der Waals surface area contributed by atoms with Gasteiger partial charge in [-0.25, -0.2) is 4.79 Å². The molecule has 0 spiro atoms. The zero-order valence-corrected chi connectivity index (χ0v) is 19.0. The highest BCUT2D eigenvalue weighted by Gasteiger charge is 2.38. The van der Waals surface area contributed by atoms with Crippen molar-refractivity contribution in [3.05, 3.63) is 89.4 Å². The predicted octanol–water partition coefficient (Wildman–Crippen LogP) is 3.76. The van der Waals surface area contributed by atoms with Crippen molar-refractivity contribution in [2.24, 2.45) is 0 Å². The number of amides is 2. The number of carbonyl (C=O) groups excluding carboxylic acids is 3. The van der Waals surface area contributed by atoms with E-state index in [0.29, 0.717) is 6.42 Å². The van der Waals surface area contributed by atoms with E-state index in [0.717, 1.165) is 35.2 Å². The van der Waals surface area contributed by atoms with E-state index in [4.69, 9.17) is 9.15 Å². The largest absolute Gasteiger partial charge is 0.459 e. The maximum Gasteiger partial charge on any atom is 0.329 e. The van der Waals surface area contributed by atoms with E-state index in [9.17, 15) is 14.4 Å². The number of hydrogen-bond donors (Lipinski definition) is 0. The first-order valence-corrected chi connectivity index (χ1v) is 11.5. The lowest BCUT2D eigenvalue weighted by molar-refractivity contribution is -0.153. The molecule has 0 radical (unpaired) electrons. The summed E-state index contributed by atoms with van der Waals surface area (Å²) in [5, 5.41) is 0. The summed E-state index contributed by atoms with van der Waals surface area (Å²) in [6.07, 6.45) is 3.50. The SMILES string of the molecule is CC1CCc2ccccc2N1C(=O)COC(=O)[C@@H]1Cc2ccccc2CN1C(=O)c1ccco1. The minimum Gasteiger partial charge on any atom is -0.459 e. The molecular weight excluding hydrogens is 432 g/mol. The van der Waals surface area contributed by atoms with Gasteiger partial charge in [0, 0.05) is 24.7 Å². The number of ether oxygens (including phenoxy) is 1. The zero-order chi connectivity index (χ0) is 23.7. The Hall–Kier alpha value is -3.87. The third kappa shape index (κ3) is 4.09. The molecule has 0 saturated carbocycles. The van der Waals surface area contributed by atoms with Gasteiger partial charge in [0.15, 0.2) is 12.4 Å². The number of rotatable bonds is 4. The Bertz CT molecular complexity index is 1220. The van der Waals surface area contributed by atoms with Crippen LogP contribution in [-0.4, -0.2) is 41.4 Å². The zero-order valence-electron chi connectivity index (χ0n) is 19.0. The number of anilines is 1. The van der Waals surface area contributed by atoms with E-state index in [-0.39, 0.29) is 36.8 Å². The van der Waals surface area contributed by atoms with Crippen molar-refractivity contribution in [2.45, 2.75) is 44.8 Å². The fourth-order valence-electron chi connectivity index (χ4n) is 4.86. The molecule has 2 aromatic carbocycles. The summed E-state index contributed by atoms with van der Waals surface area (Å²) >= 11 is 0. The molecule has 0 bridgehead atoms. The Kier molecular flexibility index (Phi) is 5.92. The summed E-state index contributed by atoms with van der Waals surface area (Å²) in [5.74, 6) is -1.09. The highest BCUT2D eigenvalue weighted by Crippen LogP contribution is 2.31. The normalized spacial score (nSPS) is 19.2. The van der Waals surface area contributed by atoms with Gasteiger partial charge in [0.05, 0.1) is 6.26 Å². The molecule has 1 aromatic heterocycles. The number of furan rings is 1. The summed E-state index contributed by atoms with van der Waals surface area (Å²) < 4.78 is 10.8. The van der Waals surface area contributed by atoms with E-state index in [1.807, 2.05) is 55.5 Å². The maximum absolute atomic E-state index is 13.2. The molecule has 5 rings (SSSR count). The number of para-hydroxylation sites is 1. The van der Waals surface area contributed by atoms with Gasteiger partial charge >= 0.3 is 5.97 Å². The van der Waals surface area contributed by atoms with Crippen LogP contribution in [-0.2, 0) is 33.7 Å². The summed E-state index contributed by atoms with van der Waals surface area (Å²) in [7, 11) is 0. The Balaban J connectivity index is 1.33. The summed E-state index contributed by atoms with van der Waals surface area (Å²) in [5.41, 5.74) is 3.93. The Morgan fingerprint density at radius 2 is 1.71 bits per heavy atom. The Morgan fingerprint density at radius 3 is 2.47 bits per heavy atom. The molecule has 2 atom stereocenters. The third-order valence-electron chi connectivity index (χ3n) is 6.64. The van der Waals surface area contributed by atoms with Crippen LogP contribution in [0.4, 0.5) is 5.69 Å². The average Bonchev–Trinajstić information content (AvgIpc) is 3.41. The van der Waals surface area contributed by atoms with Crippen LogP contribution >= 0.6 is 0 Å². The number of benzene rings is 2. The minimum atomic E-state index is -0.841. The third-order valence-corrected chi connectivity index (χ3v) is 6.64. The van der Waals surface area contributed by atoms with Gasteiger partial charge in [-0.05, 0) is 54.7 Å². The standard InChI is InChI=1S/C27H26N2O5/c1-18-12-13-19-7-4-5-10-22(19)29(18)25(30)17-34-27(32)23-15-20-8-2-3-9-21(20)16-28(23)26(31)24-11-6-14-33-24/h2-11,14,18,23H,12-13,15-17H2,1H3/t18?,23-/m0/s1. The van der Waals surface area contributed by atoms with Crippen LogP contribution < -0.4 is 4.90 Å². The van der Waals surface area contributed by atoms with E-state index in [1.165, 1.54) is 11.2 Å². The quantitative estimate of drug-likeness (QED) is 0.556. The fourth-order valence-corrected chi connectivity index (χ4v) is 4.86. The van der Waals surface area contributed by atoms with Crippen LogP contribution in [0.3, 0.4) is 0 Å². The van der Waals surface area contributed by atoms with Crippen LogP contribution in [0.5, 0.6) is 0 Å². The first-order chi connectivity index (χ1) is 16.5. The molecule has 2 aliphatic rings. The van der Waals surface area contributed by atoms with E-state index in [2.05, 4.69) is 0 Å². The van der Waals surface area contributed by atoms with Crippen molar-refractivity contribution < 1.29 is 23.5 Å². The summed E-state index contributed by atoms with van der Waals surface area (Å²) in [4.78, 5) is 42.6. The molecule has 0 fully saturated rings. The van der Waals surface area contributed by atoms with Crippen molar-refractivity contribution in [1.82, 2.24) is 4.90 Å². The van der Waals surface area contributed by atoms with Crippen LogP contribution in [0.1, 0.15) is 40.6 Å². The molecule has 2 aliphatic heterocycles. The second-order valence-electron chi connectivity index (χ2n) is 8.79. The molecule has 34 heavy (non-hydrogen) atoms. The van der Waals surface area contributed by atoms with Gasteiger partial charge < -0.3 is 19.0 Å². The summed E-state index contributed by atoms with van der Waals surface area (Å²) in [6.45, 7) is 1.88. The predicted molar refractivity (Wildman–Crippen MR) is 125 cm³/mol. The molecular formula is C27H26N2O5. The van der Waals surface area contributed by atoms with Crippen LogP contribution in [0.25, 0.3) is 0 Å². The van der Waals surface area contributed by atoms with Gasteiger partial charge in [0.2, 0.25) is 0 Å². The topological polar surface area (TPSA) is 80.1 Å². The fraction of sp³-hybridized carbons (Fsp3) is 0.296. The lowest BCUT2D eigenvalue weighted by Gasteiger charge is -2.36. The van der Waals surface area contributed by atoms with Crippen LogP contribution in [0, 0.1) is 0 Å². The van der Waals surface area contributed by atoms with Gasteiger partial charge in [-0.2, -0.15) is 0 Å². The van der Waals surface area contributed by atoms with Crippen molar-refractivity contribution >= 4 is 23.5 Å². The first-order valence-electron chi connectivity index (χ1n) is 11.5. The van der Waals surface area contributed by atoms with Gasteiger partial charge in [-0.3, -0.25) is 9.59 Å². The second kappa shape index (κ2) is 9.17. The van der Waals surface area contributed by atoms with Crippen molar-refractivity contribution in [3.63, 3.8) is 0 Å². The number of nitrogens with zero attached hydrogens (tertiary/aromatic N) is 2. The van der Waals surface area contributed by atoms with E-state index >= 15 is 0 Å². The van der Waals surface area contributed by atoms with Crippen molar-refractivity contribution in [1.29, 1.82) is 0 Å². The first kappa shape index (κ1) is 21.9. The minimum absolute atomic E-state index is 0.0136. The molecule has 0 aliphatic carbocycles. The summed E-state index contributed by atoms with van der Waals surface area (Å²) in [6, 6.07) is 17.9. The van der Waals surface area contributed by atoms with Gasteiger partial charge in [-0.1, -0.05) is 42.5 Å². The molecule has 3 aromatic rings. The Morgan fingerprint density at radius 1 is 0.971 bits per heavy atom. The van der Waals surface area contributed by atoms with Gasteiger partial charge in [-0.15, -0.1) is 0 Å². The molecule has 2 amide bonds. The molecule has 1 unspecified atom stereocenters. The second-order valence-corrected chi connectivity index (χ2v) is 8.79. The lowest BCUT2D eigenvalue weighted by atomic mass is 9.93. The van der Waals surface area contributed by atoms with Gasteiger partial charge in [0.25, 0.3) is 11.8 Å². The van der Waals surface area contributed by atoms with E-state index in [1.54, 1.807) is 17.0 Å². The molecule has 0 N–H and O–H groups in total. The number of hydrogen-bond acceptors (Lipinski definition) is 5. The van der Waals surface area contributed by atoms with E-state index < -0.39 is 12.0 Å². The highest BCUT2D eigenvalue weighted by molar-refractivity contribution is 5.98. The molecule has 7 heteroatoms. The average molecular weight is 459 g/mol. The number of fused-ring (bicyclic) bond motifs is 2. The number of carbonyl (C=O) groups is 3. The number of aryl methyl sites for hydroxylation is 1. The molecule has 3 heterocycles. The highest BCUT2D eigenvalue weighted by atomic mass is 16.5. The molecule has 174 valence electrons. The lowest BCUT2D eigenvalue weighted by Crippen LogP contribution is -2.50. The van der Waals surface area contributed by atoms with Crippen molar-refractivity contribution in [3.8, 4) is 0 Å². The molecule has 7 nitrogen and oxygen atoms in total. The van der Waals surface area contributed by atoms with Gasteiger partial charge in [0.1, 0.15) is 6.04 Å². The van der Waals surface area contributed by atoms with Crippen molar-refractivity contribution in [2.75, 3.05) is 11.5 Å². The monoisotopic (exact) mass is 458 g/mol. The van der Waals surface area contributed by atoms with Crippen LogP contribution in [0.2, 0.25) is 0 Å². The smallest absolute Gasteiger partial charge is 0.329 e.